The standard InChI is InChI=1S/C21H30N2O/c1-5-6-9-23(20-13-18-7-8-19(14-20)22(18)4)21(24)17-11-15(2)10-16(3)12-17/h10-13,18-19H,5-9,14H2,1-4H3/t18-,19-/m1/s1. The van der Waals surface area contributed by atoms with Gasteiger partial charge in [0.2, 0.25) is 0 Å². The number of nitrogens with zero attached hydrogens (tertiary/aromatic N) is 2. The number of rotatable bonds is 5. The molecule has 0 spiro atoms. The lowest BCUT2D eigenvalue weighted by atomic mass is 10.0. The van der Waals surface area contributed by atoms with Crippen molar-refractivity contribution in [3.05, 3.63) is 46.7 Å². The van der Waals surface area contributed by atoms with Crippen molar-refractivity contribution in [2.75, 3.05) is 13.6 Å². The SMILES string of the molecule is CCCCN(C(=O)c1cc(C)cc(C)c1)C1=C[C@H]2CC[C@H](C1)N2C. The van der Waals surface area contributed by atoms with Gasteiger partial charge in [0.05, 0.1) is 0 Å². The van der Waals surface area contributed by atoms with Crippen LogP contribution < -0.4 is 0 Å². The number of hydrogen-bond donors (Lipinski definition) is 0. The highest BCUT2D eigenvalue weighted by Crippen LogP contribution is 2.35. The third-order valence-electron chi connectivity index (χ3n) is 5.52. The monoisotopic (exact) mass is 326 g/mol. The van der Waals surface area contributed by atoms with Crippen molar-refractivity contribution in [1.29, 1.82) is 0 Å². The third-order valence-corrected chi connectivity index (χ3v) is 5.52. The number of benzene rings is 1. The van der Waals surface area contributed by atoms with Gasteiger partial charge in [-0.3, -0.25) is 9.69 Å². The number of likely N-dealkylation sites (N-methyl/N-ethyl adjacent to an activating group) is 1. The minimum Gasteiger partial charge on any atom is -0.312 e. The van der Waals surface area contributed by atoms with Crippen molar-refractivity contribution in [1.82, 2.24) is 9.80 Å². The van der Waals surface area contributed by atoms with Gasteiger partial charge in [0.1, 0.15) is 0 Å². The fourth-order valence-corrected chi connectivity index (χ4v) is 4.17. The Balaban J connectivity index is 1.89. The number of carbonyl (C=O) groups is 1. The first-order valence-corrected chi connectivity index (χ1v) is 9.32. The van der Waals surface area contributed by atoms with E-state index in [-0.39, 0.29) is 5.91 Å². The van der Waals surface area contributed by atoms with E-state index in [0.717, 1.165) is 42.5 Å². The molecule has 2 aliphatic rings. The number of aryl methyl sites for hydroxylation is 2. The maximum Gasteiger partial charge on any atom is 0.258 e. The molecule has 3 rings (SSSR count). The number of hydrogen-bond acceptors (Lipinski definition) is 2. The zero-order valence-electron chi connectivity index (χ0n) is 15.5. The number of unbranched alkanes of at least 4 members (excludes halogenated alkanes) is 1. The van der Waals surface area contributed by atoms with E-state index < -0.39 is 0 Å². The van der Waals surface area contributed by atoms with Crippen LogP contribution in [0, 0.1) is 13.8 Å². The molecule has 1 amide bonds. The number of carbonyl (C=O) groups excluding carboxylic acids is 1. The molecule has 0 radical (unpaired) electrons. The molecule has 2 heterocycles. The van der Waals surface area contributed by atoms with Crippen LogP contribution >= 0.6 is 0 Å². The Bertz CT molecular complexity index is 629. The smallest absolute Gasteiger partial charge is 0.258 e. The van der Waals surface area contributed by atoms with Gasteiger partial charge in [0, 0.05) is 36.3 Å². The van der Waals surface area contributed by atoms with E-state index in [0.29, 0.717) is 12.1 Å². The summed E-state index contributed by atoms with van der Waals surface area (Å²) in [6.07, 6.45) is 7.99. The van der Waals surface area contributed by atoms with E-state index in [1.54, 1.807) is 0 Å². The topological polar surface area (TPSA) is 23.6 Å². The molecule has 1 aromatic rings. The summed E-state index contributed by atoms with van der Waals surface area (Å²) in [5.41, 5.74) is 4.39. The van der Waals surface area contributed by atoms with Crippen LogP contribution in [0.3, 0.4) is 0 Å². The highest BCUT2D eigenvalue weighted by atomic mass is 16.2. The summed E-state index contributed by atoms with van der Waals surface area (Å²) in [6, 6.07) is 7.29. The van der Waals surface area contributed by atoms with Crippen LogP contribution in [0.5, 0.6) is 0 Å². The van der Waals surface area contributed by atoms with Crippen molar-refractivity contribution >= 4 is 5.91 Å². The fraction of sp³-hybridized carbons (Fsp3) is 0.571. The first-order valence-electron chi connectivity index (χ1n) is 9.32. The predicted molar refractivity (Wildman–Crippen MR) is 99.1 cm³/mol. The molecule has 0 aromatic heterocycles. The van der Waals surface area contributed by atoms with Gasteiger partial charge in [-0.15, -0.1) is 0 Å². The van der Waals surface area contributed by atoms with Crippen LogP contribution in [0.25, 0.3) is 0 Å². The zero-order chi connectivity index (χ0) is 17.3. The Hall–Kier alpha value is -1.61. The fourth-order valence-electron chi connectivity index (χ4n) is 4.17. The summed E-state index contributed by atoms with van der Waals surface area (Å²) in [5.74, 6) is 0.172. The number of fused-ring (bicyclic) bond motifs is 2. The van der Waals surface area contributed by atoms with Gasteiger partial charge < -0.3 is 4.90 Å². The van der Waals surface area contributed by atoms with Crippen LogP contribution in [0.2, 0.25) is 0 Å². The van der Waals surface area contributed by atoms with Crippen molar-refractivity contribution in [2.45, 2.75) is 65.0 Å². The molecule has 1 fully saturated rings. The molecule has 0 N–H and O–H groups in total. The van der Waals surface area contributed by atoms with Crippen LogP contribution in [0.15, 0.2) is 30.0 Å². The van der Waals surface area contributed by atoms with Crippen molar-refractivity contribution in [2.24, 2.45) is 0 Å². The number of amides is 1. The van der Waals surface area contributed by atoms with Crippen LogP contribution in [0.1, 0.15) is 60.5 Å². The third kappa shape index (κ3) is 3.41. The van der Waals surface area contributed by atoms with E-state index >= 15 is 0 Å². The molecular weight excluding hydrogens is 296 g/mol. The van der Waals surface area contributed by atoms with Crippen molar-refractivity contribution in [3.8, 4) is 0 Å². The summed E-state index contributed by atoms with van der Waals surface area (Å²) < 4.78 is 0. The van der Waals surface area contributed by atoms with Gasteiger partial charge in [0.15, 0.2) is 0 Å². The molecule has 1 aromatic carbocycles. The molecule has 24 heavy (non-hydrogen) atoms. The lowest BCUT2D eigenvalue weighted by Crippen LogP contribution is -2.41. The average Bonchev–Trinajstić information content (AvgIpc) is 2.75. The average molecular weight is 326 g/mol. The van der Waals surface area contributed by atoms with Gasteiger partial charge in [-0.25, -0.2) is 0 Å². The van der Waals surface area contributed by atoms with Crippen molar-refractivity contribution < 1.29 is 4.79 Å². The predicted octanol–water partition coefficient (Wildman–Crippen LogP) is 4.30. The molecule has 3 nitrogen and oxygen atoms in total. The molecule has 0 unspecified atom stereocenters. The second-order valence-corrected chi connectivity index (χ2v) is 7.51. The van der Waals surface area contributed by atoms with Crippen LogP contribution in [0.4, 0.5) is 0 Å². The molecule has 0 saturated carbocycles. The first-order chi connectivity index (χ1) is 11.5. The van der Waals surface area contributed by atoms with Crippen LogP contribution in [-0.4, -0.2) is 41.4 Å². The quantitative estimate of drug-likeness (QED) is 0.805. The maximum absolute atomic E-state index is 13.2. The Labute approximate surface area is 146 Å². The lowest BCUT2D eigenvalue weighted by molar-refractivity contribution is 0.0784. The van der Waals surface area contributed by atoms with Gasteiger partial charge in [-0.1, -0.05) is 30.5 Å². The Morgan fingerprint density at radius 2 is 1.92 bits per heavy atom. The van der Waals surface area contributed by atoms with Gasteiger partial charge in [-0.05, 0) is 58.4 Å². The highest BCUT2D eigenvalue weighted by Gasteiger charge is 2.36. The molecule has 130 valence electrons. The van der Waals surface area contributed by atoms with Crippen molar-refractivity contribution in [3.63, 3.8) is 0 Å². The zero-order valence-corrected chi connectivity index (χ0v) is 15.5. The Morgan fingerprint density at radius 1 is 1.21 bits per heavy atom. The van der Waals surface area contributed by atoms with Gasteiger partial charge in [0.25, 0.3) is 5.91 Å². The molecule has 2 aliphatic heterocycles. The first kappa shape index (κ1) is 17.2. The normalized spacial score (nSPS) is 23.2. The summed E-state index contributed by atoms with van der Waals surface area (Å²) >= 11 is 0. The largest absolute Gasteiger partial charge is 0.312 e. The van der Waals surface area contributed by atoms with E-state index in [9.17, 15) is 4.79 Å². The second-order valence-electron chi connectivity index (χ2n) is 7.51. The minimum atomic E-state index is 0.172. The van der Waals surface area contributed by atoms with Crippen LogP contribution in [-0.2, 0) is 0 Å². The van der Waals surface area contributed by atoms with E-state index in [4.69, 9.17) is 0 Å². The minimum absolute atomic E-state index is 0.172. The van der Waals surface area contributed by atoms with E-state index in [2.05, 4.69) is 49.8 Å². The van der Waals surface area contributed by atoms with E-state index in [1.165, 1.54) is 18.5 Å². The molecule has 2 atom stereocenters. The lowest BCUT2D eigenvalue weighted by Gasteiger charge is -2.35. The van der Waals surface area contributed by atoms with Gasteiger partial charge >= 0.3 is 0 Å². The Kier molecular flexibility index (Phi) is 5.09. The molecule has 3 heteroatoms. The Morgan fingerprint density at radius 3 is 2.54 bits per heavy atom. The van der Waals surface area contributed by atoms with E-state index in [1.807, 2.05) is 12.1 Å². The summed E-state index contributed by atoms with van der Waals surface area (Å²) in [5, 5.41) is 0. The summed E-state index contributed by atoms with van der Waals surface area (Å²) in [6.45, 7) is 7.15. The summed E-state index contributed by atoms with van der Waals surface area (Å²) in [7, 11) is 2.22. The highest BCUT2D eigenvalue weighted by molar-refractivity contribution is 5.95. The molecule has 0 aliphatic carbocycles. The molecule has 1 saturated heterocycles. The second kappa shape index (κ2) is 7.10. The maximum atomic E-state index is 13.2. The molecular formula is C21H30N2O. The van der Waals surface area contributed by atoms with Gasteiger partial charge in [-0.2, -0.15) is 0 Å². The summed E-state index contributed by atoms with van der Waals surface area (Å²) in [4.78, 5) is 17.8. The molecule has 2 bridgehead atoms.